The number of esters is 2. The summed E-state index contributed by atoms with van der Waals surface area (Å²) in [7, 11) is 2.13. The highest BCUT2D eigenvalue weighted by molar-refractivity contribution is 5.92. The Hall–Kier alpha value is -2.52. The number of carbonyl (C=O) groups excluding carboxylic acids is 4. The molecule has 0 spiro atoms. The minimum atomic E-state index is -1.59. The smallest absolute Gasteiger partial charge is 0.408 e. The van der Waals surface area contributed by atoms with E-state index in [2.05, 4.69) is 20.1 Å². The van der Waals surface area contributed by atoms with Gasteiger partial charge in [-0.2, -0.15) is 0 Å². The Labute approximate surface area is 152 Å². The number of hydrogen-bond donors (Lipinski definition) is 2. The van der Waals surface area contributed by atoms with Gasteiger partial charge in [0.2, 0.25) is 0 Å². The second kappa shape index (κ2) is 9.25. The molecular weight excluding hydrogens is 348 g/mol. The number of carbonyl (C=O) groups is 4. The van der Waals surface area contributed by atoms with Crippen LogP contribution in [0, 0.1) is 0 Å². The molecule has 26 heavy (non-hydrogen) atoms. The number of nitrogens with one attached hydrogen (secondary N) is 2. The van der Waals surface area contributed by atoms with Crippen LogP contribution in [0.1, 0.15) is 41.5 Å². The van der Waals surface area contributed by atoms with E-state index in [-0.39, 0.29) is 0 Å². The lowest BCUT2D eigenvalue weighted by atomic mass is 10.1. The van der Waals surface area contributed by atoms with Crippen LogP contribution in [-0.4, -0.2) is 61.6 Å². The number of ether oxygens (including phenoxy) is 4. The summed E-state index contributed by atoms with van der Waals surface area (Å²) in [4.78, 5) is 48.1. The Morgan fingerprint density at radius 2 is 0.923 bits per heavy atom. The average molecular weight is 376 g/mol. The van der Waals surface area contributed by atoms with Gasteiger partial charge in [-0.05, 0) is 41.5 Å². The van der Waals surface area contributed by atoms with E-state index in [9.17, 15) is 19.2 Å². The summed E-state index contributed by atoms with van der Waals surface area (Å²) >= 11 is 0. The monoisotopic (exact) mass is 376 g/mol. The maximum Gasteiger partial charge on any atom is 0.408 e. The van der Waals surface area contributed by atoms with E-state index in [4.69, 9.17) is 9.47 Å². The first-order valence-electron chi connectivity index (χ1n) is 7.85. The Kier molecular flexibility index (Phi) is 8.36. The van der Waals surface area contributed by atoms with Gasteiger partial charge in [-0.15, -0.1) is 0 Å². The first kappa shape index (κ1) is 23.5. The third-order valence-corrected chi connectivity index (χ3v) is 2.59. The van der Waals surface area contributed by atoms with Gasteiger partial charge in [-0.3, -0.25) is 0 Å². The Bertz CT molecular complexity index is 485. The van der Waals surface area contributed by atoms with Gasteiger partial charge in [0.25, 0.3) is 0 Å². The Balaban J connectivity index is 5.49. The zero-order valence-electron chi connectivity index (χ0n) is 16.4. The van der Waals surface area contributed by atoms with Crippen LogP contribution in [0.3, 0.4) is 0 Å². The summed E-state index contributed by atoms with van der Waals surface area (Å²) in [5, 5.41) is 4.40. The van der Waals surface area contributed by atoms with Crippen molar-refractivity contribution in [1.82, 2.24) is 10.6 Å². The zero-order chi connectivity index (χ0) is 20.7. The molecule has 0 rings (SSSR count). The number of alkyl carbamates (subject to hydrolysis) is 2. The highest BCUT2D eigenvalue weighted by Crippen LogP contribution is 2.10. The fraction of sp³-hybridized carbons (Fsp3) is 0.750. The second-order valence-corrected chi connectivity index (χ2v) is 7.29. The molecule has 0 aromatic rings. The molecule has 2 atom stereocenters. The van der Waals surface area contributed by atoms with E-state index < -0.39 is 47.4 Å². The van der Waals surface area contributed by atoms with Crippen molar-refractivity contribution in [3.8, 4) is 0 Å². The van der Waals surface area contributed by atoms with Crippen molar-refractivity contribution in [3.05, 3.63) is 0 Å². The minimum Gasteiger partial charge on any atom is -0.467 e. The molecule has 0 saturated carbocycles. The molecule has 0 bridgehead atoms. The largest absolute Gasteiger partial charge is 0.467 e. The van der Waals surface area contributed by atoms with E-state index in [1.165, 1.54) is 0 Å². The average Bonchev–Trinajstić information content (AvgIpc) is 2.45. The second-order valence-electron chi connectivity index (χ2n) is 7.29. The predicted molar refractivity (Wildman–Crippen MR) is 90.3 cm³/mol. The van der Waals surface area contributed by atoms with Gasteiger partial charge in [0.05, 0.1) is 14.2 Å². The summed E-state index contributed by atoms with van der Waals surface area (Å²) in [6.45, 7) is 9.73. The lowest BCUT2D eigenvalue weighted by Crippen LogP contribution is -2.60. The quantitative estimate of drug-likeness (QED) is 0.539. The molecule has 0 aliphatic heterocycles. The molecule has 0 aromatic heterocycles. The number of rotatable bonds is 5. The van der Waals surface area contributed by atoms with Crippen molar-refractivity contribution in [1.29, 1.82) is 0 Å². The van der Waals surface area contributed by atoms with Crippen molar-refractivity contribution < 1.29 is 38.1 Å². The van der Waals surface area contributed by atoms with Gasteiger partial charge < -0.3 is 29.6 Å². The molecule has 2 N–H and O–H groups in total. The fourth-order valence-corrected chi connectivity index (χ4v) is 1.68. The molecule has 2 amide bonds. The molecule has 0 radical (unpaired) electrons. The number of amides is 2. The van der Waals surface area contributed by atoms with Gasteiger partial charge in [-0.25, -0.2) is 19.2 Å². The summed E-state index contributed by atoms with van der Waals surface area (Å²) < 4.78 is 19.3. The topological polar surface area (TPSA) is 129 Å². The summed E-state index contributed by atoms with van der Waals surface area (Å²) in [5.74, 6) is -1.97. The van der Waals surface area contributed by atoms with Crippen LogP contribution < -0.4 is 10.6 Å². The third-order valence-electron chi connectivity index (χ3n) is 2.59. The minimum absolute atomic E-state index is 0.843. The van der Waals surface area contributed by atoms with Crippen LogP contribution in [-0.2, 0) is 28.5 Å². The van der Waals surface area contributed by atoms with Crippen molar-refractivity contribution in [2.75, 3.05) is 14.2 Å². The molecule has 10 heteroatoms. The molecule has 10 nitrogen and oxygen atoms in total. The summed E-state index contributed by atoms with van der Waals surface area (Å²) in [6, 6.07) is -3.18. The lowest BCUT2D eigenvalue weighted by Gasteiger charge is -2.28. The van der Waals surface area contributed by atoms with Gasteiger partial charge in [0.15, 0.2) is 12.1 Å². The Morgan fingerprint density at radius 1 is 0.654 bits per heavy atom. The normalized spacial score (nSPS) is 13.7. The first-order valence-corrected chi connectivity index (χ1v) is 7.85. The van der Waals surface area contributed by atoms with Crippen molar-refractivity contribution >= 4 is 24.1 Å². The van der Waals surface area contributed by atoms with Gasteiger partial charge in [-0.1, -0.05) is 0 Å². The third kappa shape index (κ3) is 9.09. The molecular formula is C16H28N2O8. The van der Waals surface area contributed by atoms with E-state index in [0.29, 0.717) is 0 Å². The first-order chi connectivity index (χ1) is 11.7. The maximum atomic E-state index is 12.0. The van der Waals surface area contributed by atoms with Crippen molar-refractivity contribution in [3.63, 3.8) is 0 Å². The molecule has 0 aromatic carbocycles. The van der Waals surface area contributed by atoms with Crippen LogP contribution in [0.2, 0.25) is 0 Å². The van der Waals surface area contributed by atoms with Gasteiger partial charge in [0, 0.05) is 0 Å². The molecule has 0 aliphatic rings. The van der Waals surface area contributed by atoms with Crippen LogP contribution >= 0.6 is 0 Å². The Morgan fingerprint density at radius 3 is 1.12 bits per heavy atom. The standard InChI is InChI=1S/C16H28N2O8/c1-15(2,3)25-13(21)17-9(11(19)23-7)10(12(20)24-8)18-14(22)26-16(4,5)6/h9-10H,1-8H3,(H,17,21)(H,18,22). The van der Waals surface area contributed by atoms with Crippen LogP contribution in [0.5, 0.6) is 0 Å². The zero-order valence-corrected chi connectivity index (χ0v) is 16.4. The van der Waals surface area contributed by atoms with Crippen LogP contribution in [0.4, 0.5) is 9.59 Å². The fourth-order valence-electron chi connectivity index (χ4n) is 1.68. The number of hydrogen-bond acceptors (Lipinski definition) is 8. The van der Waals surface area contributed by atoms with E-state index in [1.54, 1.807) is 41.5 Å². The highest BCUT2D eigenvalue weighted by atomic mass is 16.6. The van der Waals surface area contributed by atoms with Crippen LogP contribution in [0.15, 0.2) is 0 Å². The van der Waals surface area contributed by atoms with Gasteiger partial charge in [0.1, 0.15) is 11.2 Å². The molecule has 0 aliphatic carbocycles. The molecule has 0 heterocycles. The van der Waals surface area contributed by atoms with E-state index >= 15 is 0 Å². The highest BCUT2D eigenvalue weighted by Gasteiger charge is 2.39. The maximum absolute atomic E-state index is 12.0. The van der Waals surface area contributed by atoms with E-state index in [0.717, 1.165) is 14.2 Å². The van der Waals surface area contributed by atoms with E-state index in [1.807, 2.05) is 0 Å². The van der Waals surface area contributed by atoms with Gasteiger partial charge >= 0.3 is 24.1 Å². The van der Waals surface area contributed by atoms with Crippen LogP contribution in [0.25, 0.3) is 0 Å². The lowest BCUT2D eigenvalue weighted by molar-refractivity contribution is -0.152. The van der Waals surface area contributed by atoms with Crippen molar-refractivity contribution in [2.24, 2.45) is 0 Å². The number of methoxy groups -OCH3 is 2. The summed E-state index contributed by atoms with van der Waals surface area (Å²) in [6.07, 6.45) is -1.96. The molecule has 150 valence electrons. The molecule has 0 saturated heterocycles. The molecule has 2 unspecified atom stereocenters. The predicted octanol–water partition coefficient (Wildman–Crippen LogP) is 1.12. The SMILES string of the molecule is COC(=O)C(NC(=O)OC(C)(C)C)C(NC(=O)OC(C)(C)C)C(=O)OC. The summed E-state index contributed by atoms with van der Waals surface area (Å²) in [5.41, 5.74) is -1.69. The van der Waals surface area contributed by atoms with Crippen molar-refractivity contribution in [2.45, 2.75) is 64.8 Å². The molecule has 0 fully saturated rings.